The van der Waals surface area contributed by atoms with Crippen LogP contribution in [-0.2, 0) is 13.2 Å². The largest absolute Gasteiger partial charge is 0.488 e. The van der Waals surface area contributed by atoms with Crippen molar-refractivity contribution in [2.75, 3.05) is 0 Å². The molecule has 3 heteroatoms. The van der Waals surface area contributed by atoms with Gasteiger partial charge in [0.15, 0.2) is 0 Å². The SMILES string of the molecule is Cc1ccc(C(C)C)cc1OCc1ccc(CN)s1. The predicted octanol–water partition coefficient (Wildman–Crippen LogP) is 4.22. The molecule has 0 saturated heterocycles. The van der Waals surface area contributed by atoms with Crippen LogP contribution in [0.3, 0.4) is 0 Å². The molecule has 2 nitrogen and oxygen atoms in total. The van der Waals surface area contributed by atoms with Gasteiger partial charge in [0.25, 0.3) is 0 Å². The van der Waals surface area contributed by atoms with Crippen molar-refractivity contribution >= 4 is 11.3 Å². The molecular formula is C16H21NOS. The summed E-state index contributed by atoms with van der Waals surface area (Å²) in [5, 5.41) is 0. The van der Waals surface area contributed by atoms with Gasteiger partial charge in [-0.05, 0) is 42.2 Å². The molecule has 2 rings (SSSR count). The smallest absolute Gasteiger partial charge is 0.123 e. The second-order valence-electron chi connectivity index (χ2n) is 5.04. The lowest BCUT2D eigenvalue weighted by Crippen LogP contribution is -1.97. The highest BCUT2D eigenvalue weighted by atomic mass is 32.1. The minimum atomic E-state index is 0.522. The van der Waals surface area contributed by atoms with E-state index in [1.165, 1.54) is 20.9 Å². The van der Waals surface area contributed by atoms with Crippen molar-refractivity contribution in [2.45, 2.75) is 39.8 Å². The third-order valence-electron chi connectivity index (χ3n) is 3.17. The molecule has 19 heavy (non-hydrogen) atoms. The van der Waals surface area contributed by atoms with Gasteiger partial charge >= 0.3 is 0 Å². The molecule has 0 aliphatic carbocycles. The number of benzene rings is 1. The number of aryl methyl sites for hydroxylation is 1. The molecule has 1 aromatic heterocycles. The molecular weight excluding hydrogens is 254 g/mol. The summed E-state index contributed by atoms with van der Waals surface area (Å²) in [5.74, 6) is 1.50. The zero-order valence-electron chi connectivity index (χ0n) is 11.8. The van der Waals surface area contributed by atoms with Crippen LogP contribution in [0.15, 0.2) is 30.3 Å². The summed E-state index contributed by atoms with van der Waals surface area (Å²) in [4.78, 5) is 2.42. The van der Waals surface area contributed by atoms with Crippen LogP contribution in [-0.4, -0.2) is 0 Å². The average molecular weight is 275 g/mol. The molecule has 2 N–H and O–H groups in total. The Labute approximate surface area is 119 Å². The molecule has 0 unspecified atom stereocenters. The zero-order valence-corrected chi connectivity index (χ0v) is 12.6. The Morgan fingerprint density at radius 1 is 1.16 bits per heavy atom. The van der Waals surface area contributed by atoms with Crippen molar-refractivity contribution in [3.05, 3.63) is 51.2 Å². The highest BCUT2D eigenvalue weighted by Gasteiger charge is 2.06. The fourth-order valence-electron chi connectivity index (χ4n) is 1.89. The highest BCUT2D eigenvalue weighted by molar-refractivity contribution is 7.11. The van der Waals surface area contributed by atoms with E-state index >= 15 is 0 Å². The van der Waals surface area contributed by atoms with Crippen molar-refractivity contribution in [3.8, 4) is 5.75 Å². The van der Waals surface area contributed by atoms with Crippen LogP contribution in [0, 0.1) is 6.92 Å². The maximum absolute atomic E-state index is 5.94. The van der Waals surface area contributed by atoms with E-state index in [-0.39, 0.29) is 0 Å². The third-order valence-corrected chi connectivity index (χ3v) is 4.25. The number of hydrogen-bond acceptors (Lipinski definition) is 3. The summed E-state index contributed by atoms with van der Waals surface area (Å²) >= 11 is 1.72. The van der Waals surface area contributed by atoms with Crippen LogP contribution in [0.4, 0.5) is 0 Å². The van der Waals surface area contributed by atoms with Crippen LogP contribution < -0.4 is 10.5 Å². The molecule has 0 radical (unpaired) electrons. The monoisotopic (exact) mass is 275 g/mol. The van der Waals surface area contributed by atoms with Crippen LogP contribution in [0.1, 0.15) is 40.6 Å². The first-order valence-electron chi connectivity index (χ1n) is 6.61. The lowest BCUT2D eigenvalue weighted by Gasteiger charge is -2.12. The van der Waals surface area contributed by atoms with E-state index in [1.54, 1.807) is 11.3 Å². The minimum Gasteiger partial charge on any atom is -0.488 e. The predicted molar refractivity (Wildman–Crippen MR) is 81.8 cm³/mol. The molecule has 102 valence electrons. The first kappa shape index (κ1) is 14.1. The maximum atomic E-state index is 5.94. The first-order valence-corrected chi connectivity index (χ1v) is 7.42. The highest BCUT2D eigenvalue weighted by Crippen LogP contribution is 2.26. The van der Waals surface area contributed by atoms with E-state index in [1.807, 2.05) is 0 Å². The summed E-state index contributed by atoms with van der Waals surface area (Å²) in [7, 11) is 0. The van der Waals surface area contributed by atoms with Gasteiger partial charge in [-0.1, -0.05) is 26.0 Å². The molecule has 0 amide bonds. The number of ether oxygens (including phenoxy) is 1. The van der Waals surface area contributed by atoms with Gasteiger partial charge in [0.05, 0.1) is 0 Å². The van der Waals surface area contributed by atoms with Crippen LogP contribution >= 0.6 is 11.3 Å². The van der Waals surface area contributed by atoms with Gasteiger partial charge in [-0.2, -0.15) is 0 Å². The Balaban J connectivity index is 2.08. The van der Waals surface area contributed by atoms with E-state index in [9.17, 15) is 0 Å². The van der Waals surface area contributed by atoms with Crippen LogP contribution in [0.5, 0.6) is 5.75 Å². The van der Waals surface area contributed by atoms with E-state index in [4.69, 9.17) is 10.5 Å². The molecule has 1 heterocycles. The molecule has 0 fully saturated rings. The number of thiophene rings is 1. The Bertz CT molecular complexity index is 545. The van der Waals surface area contributed by atoms with E-state index in [0.717, 1.165) is 5.75 Å². The second-order valence-corrected chi connectivity index (χ2v) is 6.29. The molecule has 2 aromatic rings. The fraction of sp³-hybridized carbons (Fsp3) is 0.375. The lowest BCUT2D eigenvalue weighted by molar-refractivity contribution is 0.307. The molecule has 0 aliphatic rings. The van der Waals surface area contributed by atoms with Gasteiger partial charge in [0.2, 0.25) is 0 Å². The van der Waals surface area contributed by atoms with E-state index in [0.29, 0.717) is 19.1 Å². The summed E-state index contributed by atoms with van der Waals surface area (Å²) in [6.07, 6.45) is 0. The number of hydrogen-bond donors (Lipinski definition) is 1. The van der Waals surface area contributed by atoms with Gasteiger partial charge in [0.1, 0.15) is 12.4 Å². The van der Waals surface area contributed by atoms with Gasteiger partial charge in [-0.25, -0.2) is 0 Å². The van der Waals surface area contributed by atoms with Crippen molar-refractivity contribution in [2.24, 2.45) is 5.73 Å². The van der Waals surface area contributed by atoms with Gasteiger partial charge in [-0.3, -0.25) is 0 Å². The molecule has 0 saturated carbocycles. The maximum Gasteiger partial charge on any atom is 0.123 e. The Kier molecular flexibility index (Phi) is 4.61. The molecule has 0 atom stereocenters. The number of rotatable bonds is 5. The second kappa shape index (κ2) is 6.22. The van der Waals surface area contributed by atoms with Crippen molar-refractivity contribution in [1.82, 2.24) is 0 Å². The molecule has 0 spiro atoms. The van der Waals surface area contributed by atoms with Crippen LogP contribution in [0.25, 0.3) is 0 Å². The average Bonchev–Trinajstić information content (AvgIpc) is 2.85. The van der Waals surface area contributed by atoms with Gasteiger partial charge in [-0.15, -0.1) is 11.3 Å². The fourth-order valence-corrected chi connectivity index (χ4v) is 2.70. The Hall–Kier alpha value is -1.32. The van der Waals surface area contributed by atoms with Crippen molar-refractivity contribution in [1.29, 1.82) is 0 Å². The number of nitrogens with two attached hydrogens (primary N) is 1. The normalized spacial score (nSPS) is 11.0. The van der Waals surface area contributed by atoms with Crippen molar-refractivity contribution < 1.29 is 4.74 Å². The van der Waals surface area contributed by atoms with Crippen molar-refractivity contribution in [3.63, 3.8) is 0 Å². The minimum absolute atomic E-state index is 0.522. The van der Waals surface area contributed by atoms with E-state index in [2.05, 4.69) is 51.1 Å². The van der Waals surface area contributed by atoms with Gasteiger partial charge in [0, 0.05) is 16.3 Å². The summed E-state index contributed by atoms with van der Waals surface area (Å²) in [6.45, 7) is 7.70. The third kappa shape index (κ3) is 3.58. The molecule has 0 aliphatic heterocycles. The Morgan fingerprint density at radius 2 is 1.89 bits per heavy atom. The molecule has 0 bridgehead atoms. The van der Waals surface area contributed by atoms with Gasteiger partial charge < -0.3 is 10.5 Å². The zero-order chi connectivity index (χ0) is 13.8. The topological polar surface area (TPSA) is 35.2 Å². The summed E-state index contributed by atoms with van der Waals surface area (Å²) < 4.78 is 5.94. The molecule has 1 aromatic carbocycles. The summed E-state index contributed by atoms with van der Waals surface area (Å²) in [6, 6.07) is 10.6. The Morgan fingerprint density at radius 3 is 2.53 bits per heavy atom. The quantitative estimate of drug-likeness (QED) is 0.886. The lowest BCUT2D eigenvalue weighted by atomic mass is 10.0. The summed E-state index contributed by atoms with van der Waals surface area (Å²) in [5.41, 5.74) is 8.11. The van der Waals surface area contributed by atoms with Crippen LogP contribution in [0.2, 0.25) is 0 Å². The standard InChI is InChI=1S/C16H21NOS/c1-11(2)13-5-4-12(3)16(8-13)18-10-15-7-6-14(9-17)19-15/h4-8,11H,9-10,17H2,1-3H3. The first-order chi connectivity index (χ1) is 9.10. The van der Waals surface area contributed by atoms with E-state index < -0.39 is 0 Å².